The van der Waals surface area contributed by atoms with Crippen LogP contribution >= 0.6 is 35.4 Å². The second-order valence-electron chi connectivity index (χ2n) is 2.42. The highest BCUT2D eigenvalue weighted by Gasteiger charge is 2.08. The van der Waals surface area contributed by atoms with Gasteiger partial charge in [0.25, 0.3) is 0 Å². The van der Waals surface area contributed by atoms with Gasteiger partial charge in [0.15, 0.2) is 0 Å². The fourth-order valence-corrected chi connectivity index (χ4v) is 0.874. The van der Waals surface area contributed by atoms with E-state index in [0.717, 1.165) is 0 Å². The molecule has 0 amide bonds. The third kappa shape index (κ3) is 5.86. The first-order chi connectivity index (χ1) is 5.60. The number of ether oxygens (including phenoxy) is 2. The highest BCUT2D eigenvalue weighted by molar-refractivity contribution is 7.79. The Morgan fingerprint density at radius 1 is 1.17 bits per heavy atom. The maximum absolute atomic E-state index is 5.50. The SMILES string of the molecule is CC(CCl)OC(=S)OC(C)CCl. The van der Waals surface area contributed by atoms with E-state index in [9.17, 15) is 0 Å². The summed E-state index contributed by atoms with van der Waals surface area (Å²) in [5.74, 6) is 0.775. The van der Waals surface area contributed by atoms with Crippen LogP contribution in [0.2, 0.25) is 0 Å². The summed E-state index contributed by atoms with van der Waals surface area (Å²) in [5.41, 5.74) is 0. The minimum absolute atomic E-state index is 0.108. The van der Waals surface area contributed by atoms with Crippen LogP contribution in [0.15, 0.2) is 0 Å². The average molecular weight is 231 g/mol. The van der Waals surface area contributed by atoms with Crippen molar-refractivity contribution < 1.29 is 9.47 Å². The lowest BCUT2D eigenvalue weighted by Crippen LogP contribution is -2.21. The first kappa shape index (κ1) is 12.3. The van der Waals surface area contributed by atoms with Crippen molar-refractivity contribution in [3.8, 4) is 0 Å². The Morgan fingerprint density at radius 3 is 1.75 bits per heavy atom. The molecule has 2 unspecified atom stereocenters. The third-order valence-electron chi connectivity index (χ3n) is 1.03. The molecule has 72 valence electrons. The molecule has 0 rings (SSSR count). The zero-order valence-electron chi connectivity index (χ0n) is 7.05. The number of rotatable bonds is 4. The van der Waals surface area contributed by atoms with Crippen molar-refractivity contribution in [1.29, 1.82) is 0 Å². The van der Waals surface area contributed by atoms with Gasteiger partial charge in [-0.25, -0.2) is 0 Å². The monoisotopic (exact) mass is 230 g/mol. The van der Waals surface area contributed by atoms with Gasteiger partial charge in [0.2, 0.25) is 0 Å². The molecule has 0 spiro atoms. The van der Waals surface area contributed by atoms with Crippen LogP contribution in [-0.2, 0) is 9.47 Å². The molecule has 0 saturated heterocycles. The second kappa shape index (κ2) is 6.75. The second-order valence-corrected chi connectivity index (χ2v) is 3.37. The number of hydrogen-bond donors (Lipinski definition) is 0. The molecule has 0 fully saturated rings. The molecule has 0 aliphatic heterocycles. The van der Waals surface area contributed by atoms with Gasteiger partial charge < -0.3 is 9.47 Å². The van der Waals surface area contributed by atoms with Crippen LogP contribution in [0.5, 0.6) is 0 Å². The molecular weight excluding hydrogens is 219 g/mol. The van der Waals surface area contributed by atoms with Crippen molar-refractivity contribution in [3.63, 3.8) is 0 Å². The maximum atomic E-state index is 5.50. The highest BCUT2D eigenvalue weighted by atomic mass is 35.5. The quantitative estimate of drug-likeness (QED) is 0.547. The van der Waals surface area contributed by atoms with Crippen molar-refractivity contribution >= 4 is 40.7 Å². The number of hydrogen-bond acceptors (Lipinski definition) is 3. The average Bonchev–Trinajstić information content (AvgIpc) is 2.03. The molecule has 0 aliphatic rings. The van der Waals surface area contributed by atoms with Gasteiger partial charge in [0, 0.05) is 12.2 Å². The zero-order valence-corrected chi connectivity index (χ0v) is 9.38. The van der Waals surface area contributed by atoms with Gasteiger partial charge in [-0.15, -0.1) is 23.2 Å². The van der Waals surface area contributed by atoms with Gasteiger partial charge in [-0.3, -0.25) is 0 Å². The lowest BCUT2D eigenvalue weighted by Gasteiger charge is -2.15. The summed E-state index contributed by atoms with van der Waals surface area (Å²) in [7, 11) is 0. The zero-order chi connectivity index (χ0) is 9.56. The molecule has 0 aromatic heterocycles. The van der Waals surface area contributed by atoms with E-state index < -0.39 is 0 Å². The van der Waals surface area contributed by atoms with E-state index in [1.807, 2.05) is 13.8 Å². The Morgan fingerprint density at radius 2 is 1.50 bits per heavy atom. The smallest absolute Gasteiger partial charge is 0.352 e. The Bertz CT molecular complexity index is 129. The predicted octanol–water partition coefficient (Wildman–Crippen LogP) is 2.56. The van der Waals surface area contributed by atoms with Gasteiger partial charge in [0.05, 0.1) is 11.8 Å². The fraction of sp³-hybridized carbons (Fsp3) is 0.857. The van der Waals surface area contributed by atoms with E-state index >= 15 is 0 Å². The molecule has 2 nitrogen and oxygen atoms in total. The first-order valence-electron chi connectivity index (χ1n) is 3.59. The molecule has 0 aromatic carbocycles. The molecule has 0 radical (unpaired) electrons. The van der Waals surface area contributed by atoms with Crippen LogP contribution in [0.1, 0.15) is 13.8 Å². The Kier molecular flexibility index (Phi) is 6.90. The Labute approximate surface area is 88.1 Å². The first-order valence-corrected chi connectivity index (χ1v) is 5.07. The summed E-state index contributed by atoms with van der Waals surface area (Å²) in [6.07, 6.45) is -0.247. The normalized spacial score (nSPS) is 15.0. The molecule has 0 bridgehead atoms. The van der Waals surface area contributed by atoms with Crippen molar-refractivity contribution in [2.45, 2.75) is 26.1 Å². The number of halogens is 2. The molecule has 0 saturated carbocycles. The molecule has 2 atom stereocenters. The summed E-state index contributed by atoms with van der Waals surface area (Å²) < 4.78 is 10.2. The van der Waals surface area contributed by atoms with Crippen molar-refractivity contribution in [2.75, 3.05) is 11.8 Å². The molecule has 0 aromatic rings. The van der Waals surface area contributed by atoms with Crippen LogP contribution in [0.25, 0.3) is 0 Å². The fourth-order valence-electron chi connectivity index (χ4n) is 0.419. The van der Waals surface area contributed by atoms with E-state index in [2.05, 4.69) is 0 Å². The van der Waals surface area contributed by atoms with Crippen LogP contribution < -0.4 is 0 Å². The van der Waals surface area contributed by atoms with Gasteiger partial charge >= 0.3 is 5.24 Å². The lowest BCUT2D eigenvalue weighted by atomic mass is 10.5. The van der Waals surface area contributed by atoms with E-state index in [1.54, 1.807) is 0 Å². The summed E-state index contributed by atoms with van der Waals surface area (Å²) in [5, 5.41) is 0.108. The minimum Gasteiger partial charge on any atom is -0.453 e. The van der Waals surface area contributed by atoms with E-state index in [0.29, 0.717) is 11.8 Å². The van der Waals surface area contributed by atoms with Crippen LogP contribution in [0.4, 0.5) is 0 Å². The Balaban J connectivity index is 3.59. The summed E-state index contributed by atoms with van der Waals surface area (Å²) >= 11 is 15.8. The van der Waals surface area contributed by atoms with Crippen LogP contribution in [0, 0.1) is 0 Å². The van der Waals surface area contributed by atoms with Gasteiger partial charge in [0.1, 0.15) is 12.2 Å². The summed E-state index contributed by atoms with van der Waals surface area (Å²) in [4.78, 5) is 0. The van der Waals surface area contributed by atoms with Crippen LogP contribution in [-0.4, -0.2) is 29.2 Å². The molecule has 0 heterocycles. The standard InChI is InChI=1S/C7H12Cl2O2S/c1-5(3-8)10-7(12)11-6(2)4-9/h5-6H,3-4H2,1-2H3. The largest absolute Gasteiger partial charge is 0.453 e. The topological polar surface area (TPSA) is 18.5 Å². The summed E-state index contributed by atoms with van der Waals surface area (Å²) in [6.45, 7) is 3.63. The molecule has 0 aliphatic carbocycles. The van der Waals surface area contributed by atoms with Gasteiger partial charge in [-0.05, 0) is 13.8 Å². The van der Waals surface area contributed by atoms with E-state index in [1.165, 1.54) is 0 Å². The van der Waals surface area contributed by atoms with Crippen molar-refractivity contribution in [1.82, 2.24) is 0 Å². The van der Waals surface area contributed by atoms with E-state index in [-0.39, 0.29) is 17.4 Å². The summed E-state index contributed by atoms with van der Waals surface area (Å²) in [6, 6.07) is 0. The maximum Gasteiger partial charge on any atom is 0.352 e. The van der Waals surface area contributed by atoms with E-state index in [4.69, 9.17) is 44.9 Å². The van der Waals surface area contributed by atoms with Gasteiger partial charge in [-0.2, -0.15) is 0 Å². The lowest BCUT2D eigenvalue weighted by molar-refractivity contribution is 0.114. The van der Waals surface area contributed by atoms with Crippen molar-refractivity contribution in [2.24, 2.45) is 0 Å². The number of thiocarbonyl (C=S) groups is 1. The molecule has 12 heavy (non-hydrogen) atoms. The minimum atomic E-state index is -0.123. The predicted molar refractivity (Wildman–Crippen MR) is 55.1 cm³/mol. The third-order valence-corrected chi connectivity index (χ3v) is 2.09. The Hall–Kier alpha value is 0.270. The molecule has 0 N–H and O–H groups in total. The van der Waals surface area contributed by atoms with Gasteiger partial charge in [-0.1, -0.05) is 0 Å². The molecule has 5 heteroatoms. The number of alkyl halides is 2. The highest BCUT2D eigenvalue weighted by Crippen LogP contribution is 2.01. The van der Waals surface area contributed by atoms with Crippen LogP contribution in [0.3, 0.4) is 0 Å². The molecular formula is C7H12Cl2O2S. The van der Waals surface area contributed by atoms with Crippen molar-refractivity contribution in [3.05, 3.63) is 0 Å².